The van der Waals surface area contributed by atoms with Crippen LogP contribution in [0.3, 0.4) is 0 Å². The number of hydrogen-bond acceptors (Lipinski definition) is 4. The zero-order chi connectivity index (χ0) is 19.6. The molecule has 2 aromatic rings. The highest BCUT2D eigenvalue weighted by molar-refractivity contribution is 7.16. The molecule has 1 unspecified atom stereocenters. The number of aliphatic hydroxyl groups is 1. The van der Waals surface area contributed by atoms with Crippen LogP contribution in [0.1, 0.15) is 30.4 Å². The second kappa shape index (κ2) is 10.9. The Kier molecular flexibility index (Phi) is 8.57. The van der Waals surface area contributed by atoms with Gasteiger partial charge in [0.05, 0.1) is 4.34 Å². The van der Waals surface area contributed by atoms with E-state index in [1.54, 1.807) is 12.1 Å². The summed E-state index contributed by atoms with van der Waals surface area (Å²) in [6, 6.07) is 11.3. The predicted molar refractivity (Wildman–Crippen MR) is 113 cm³/mol. The van der Waals surface area contributed by atoms with Gasteiger partial charge in [-0.2, -0.15) is 0 Å². The Hall–Kier alpha value is -2.09. The number of nitrogens with one attached hydrogen (secondary N) is 3. The molecule has 0 bridgehead atoms. The number of aliphatic hydroxyl groups excluding tert-OH is 1. The first-order chi connectivity index (χ1) is 13.0. The average Bonchev–Trinajstić information content (AvgIpc) is 3.10. The second-order valence-electron chi connectivity index (χ2n) is 5.84. The van der Waals surface area contributed by atoms with Crippen molar-refractivity contribution in [3.8, 4) is 0 Å². The van der Waals surface area contributed by atoms with Crippen molar-refractivity contribution in [3.63, 3.8) is 0 Å². The molecule has 1 atom stereocenters. The van der Waals surface area contributed by atoms with Crippen LogP contribution in [0.4, 0.5) is 5.69 Å². The summed E-state index contributed by atoms with van der Waals surface area (Å²) < 4.78 is 0.633. The summed E-state index contributed by atoms with van der Waals surface area (Å²) in [6.45, 7) is 4.89. The van der Waals surface area contributed by atoms with Crippen molar-refractivity contribution in [2.45, 2.75) is 26.4 Å². The maximum Gasteiger partial charge on any atom is 0.246 e. The van der Waals surface area contributed by atoms with Crippen molar-refractivity contribution in [1.82, 2.24) is 10.6 Å². The van der Waals surface area contributed by atoms with Gasteiger partial charge in [-0.1, -0.05) is 30.7 Å². The molecule has 2 rings (SSSR count). The van der Waals surface area contributed by atoms with Crippen molar-refractivity contribution in [1.29, 1.82) is 0 Å². The molecule has 1 heterocycles. The number of aliphatic imine (C=N–C) groups is 1. The van der Waals surface area contributed by atoms with Gasteiger partial charge >= 0.3 is 0 Å². The summed E-state index contributed by atoms with van der Waals surface area (Å²) in [4.78, 5) is 17.2. The largest absolute Gasteiger partial charge is 0.386 e. The molecule has 0 aliphatic heterocycles. The summed E-state index contributed by atoms with van der Waals surface area (Å²) in [7, 11) is 0. The van der Waals surface area contributed by atoms with E-state index in [0.717, 1.165) is 22.5 Å². The zero-order valence-electron chi connectivity index (χ0n) is 15.5. The SMILES string of the molecule is CCNC(=NCC(=O)Nc1cccc(CC)c1)NCC(O)c1ccc(Cl)s1. The Morgan fingerprint density at radius 1 is 1.26 bits per heavy atom. The fourth-order valence-corrected chi connectivity index (χ4v) is 3.41. The van der Waals surface area contributed by atoms with E-state index in [2.05, 4.69) is 27.9 Å². The summed E-state index contributed by atoms with van der Waals surface area (Å²) in [5.74, 6) is 0.266. The number of aryl methyl sites for hydroxylation is 1. The Morgan fingerprint density at radius 3 is 2.74 bits per heavy atom. The van der Waals surface area contributed by atoms with Crippen LogP contribution in [-0.4, -0.2) is 36.6 Å². The minimum absolute atomic E-state index is 0.0212. The van der Waals surface area contributed by atoms with Gasteiger partial charge in [-0.3, -0.25) is 4.79 Å². The number of nitrogens with zero attached hydrogens (tertiary/aromatic N) is 1. The van der Waals surface area contributed by atoms with E-state index in [-0.39, 0.29) is 19.0 Å². The summed E-state index contributed by atoms with van der Waals surface area (Å²) in [5, 5.41) is 19.1. The van der Waals surface area contributed by atoms with Gasteiger partial charge in [0.1, 0.15) is 12.6 Å². The number of rotatable bonds is 8. The average molecular weight is 409 g/mol. The van der Waals surface area contributed by atoms with Gasteiger partial charge in [-0.05, 0) is 43.2 Å². The van der Waals surface area contributed by atoms with Gasteiger partial charge in [-0.25, -0.2) is 4.99 Å². The maximum atomic E-state index is 12.1. The number of benzene rings is 1. The molecule has 1 aromatic heterocycles. The third kappa shape index (κ3) is 7.21. The molecule has 8 heteroatoms. The molecule has 1 amide bonds. The number of halogens is 1. The molecule has 0 saturated carbocycles. The smallest absolute Gasteiger partial charge is 0.246 e. The lowest BCUT2D eigenvalue weighted by Crippen LogP contribution is -2.40. The molecule has 0 aliphatic rings. The van der Waals surface area contributed by atoms with Crippen molar-refractivity contribution in [2.24, 2.45) is 4.99 Å². The zero-order valence-corrected chi connectivity index (χ0v) is 17.0. The number of hydrogen-bond donors (Lipinski definition) is 4. The summed E-state index contributed by atoms with van der Waals surface area (Å²) in [5.41, 5.74) is 1.92. The Bertz CT molecular complexity index is 779. The van der Waals surface area contributed by atoms with Gasteiger partial charge < -0.3 is 21.1 Å². The van der Waals surface area contributed by atoms with Crippen molar-refractivity contribution in [2.75, 3.05) is 25.0 Å². The van der Waals surface area contributed by atoms with Crippen molar-refractivity contribution in [3.05, 3.63) is 51.2 Å². The minimum Gasteiger partial charge on any atom is -0.386 e. The Morgan fingerprint density at radius 2 is 2.07 bits per heavy atom. The first kappa shape index (κ1) is 21.2. The standard InChI is InChI=1S/C19H25ClN4O2S/c1-3-13-6-5-7-14(10-13)24-18(26)12-23-19(21-4-2)22-11-15(25)16-8-9-17(20)27-16/h5-10,15,25H,3-4,11-12H2,1-2H3,(H,24,26)(H2,21,22,23). The first-order valence-corrected chi connectivity index (χ1v) is 10.1. The number of anilines is 1. The fourth-order valence-electron chi connectivity index (χ4n) is 2.36. The molecule has 0 spiro atoms. The Labute approximate surface area is 168 Å². The lowest BCUT2D eigenvalue weighted by Gasteiger charge is -2.14. The predicted octanol–water partition coefficient (Wildman–Crippen LogP) is 3.19. The van der Waals surface area contributed by atoms with Gasteiger partial charge in [0.25, 0.3) is 0 Å². The monoisotopic (exact) mass is 408 g/mol. The Balaban J connectivity index is 1.88. The van der Waals surface area contributed by atoms with Crippen LogP contribution in [0.15, 0.2) is 41.4 Å². The summed E-state index contributed by atoms with van der Waals surface area (Å²) in [6.07, 6.45) is 0.214. The highest BCUT2D eigenvalue weighted by Gasteiger charge is 2.11. The van der Waals surface area contributed by atoms with Crippen LogP contribution in [0, 0.1) is 0 Å². The van der Waals surface area contributed by atoms with Crippen LogP contribution in [0.2, 0.25) is 4.34 Å². The van der Waals surface area contributed by atoms with E-state index in [9.17, 15) is 9.90 Å². The van der Waals surface area contributed by atoms with E-state index in [0.29, 0.717) is 16.8 Å². The highest BCUT2D eigenvalue weighted by atomic mass is 35.5. The minimum atomic E-state index is -0.697. The highest BCUT2D eigenvalue weighted by Crippen LogP contribution is 2.26. The van der Waals surface area contributed by atoms with E-state index < -0.39 is 6.10 Å². The van der Waals surface area contributed by atoms with Crippen LogP contribution < -0.4 is 16.0 Å². The molecular formula is C19H25ClN4O2S. The first-order valence-electron chi connectivity index (χ1n) is 8.86. The van der Waals surface area contributed by atoms with Crippen LogP contribution in [0.25, 0.3) is 0 Å². The molecule has 1 aromatic carbocycles. The van der Waals surface area contributed by atoms with Crippen LogP contribution in [0.5, 0.6) is 0 Å². The molecule has 0 radical (unpaired) electrons. The quantitative estimate of drug-likeness (QED) is 0.399. The van der Waals surface area contributed by atoms with E-state index >= 15 is 0 Å². The van der Waals surface area contributed by atoms with Gasteiger partial charge in [0.2, 0.25) is 5.91 Å². The summed E-state index contributed by atoms with van der Waals surface area (Å²) >= 11 is 7.23. The number of amides is 1. The van der Waals surface area contributed by atoms with E-state index in [1.807, 2.05) is 31.2 Å². The van der Waals surface area contributed by atoms with Gasteiger partial charge in [-0.15, -0.1) is 11.3 Å². The second-order valence-corrected chi connectivity index (χ2v) is 7.58. The molecule has 0 fully saturated rings. The number of carbonyl (C=O) groups excluding carboxylic acids is 1. The van der Waals surface area contributed by atoms with Gasteiger partial charge in [0.15, 0.2) is 5.96 Å². The van der Waals surface area contributed by atoms with Crippen molar-refractivity contribution < 1.29 is 9.90 Å². The van der Waals surface area contributed by atoms with Crippen LogP contribution >= 0.6 is 22.9 Å². The molecular weight excluding hydrogens is 384 g/mol. The van der Waals surface area contributed by atoms with Crippen molar-refractivity contribution >= 4 is 40.5 Å². The third-order valence-electron chi connectivity index (χ3n) is 3.73. The molecule has 146 valence electrons. The van der Waals surface area contributed by atoms with Crippen LogP contribution in [-0.2, 0) is 11.2 Å². The lowest BCUT2D eigenvalue weighted by molar-refractivity contribution is -0.114. The number of thiophene rings is 1. The van der Waals surface area contributed by atoms with Gasteiger partial charge in [0, 0.05) is 23.7 Å². The lowest BCUT2D eigenvalue weighted by atomic mass is 10.1. The number of guanidine groups is 1. The normalized spacial score (nSPS) is 12.5. The molecule has 4 N–H and O–H groups in total. The molecule has 27 heavy (non-hydrogen) atoms. The third-order valence-corrected chi connectivity index (χ3v) is 5.06. The topological polar surface area (TPSA) is 85.8 Å². The molecule has 0 saturated heterocycles. The molecule has 0 aliphatic carbocycles. The fraction of sp³-hybridized carbons (Fsp3) is 0.368. The molecule has 6 nitrogen and oxygen atoms in total. The number of carbonyl (C=O) groups is 1. The van der Waals surface area contributed by atoms with E-state index in [1.165, 1.54) is 11.3 Å². The maximum absolute atomic E-state index is 12.1. The van der Waals surface area contributed by atoms with E-state index in [4.69, 9.17) is 11.6 Å².